The highest BCUT2D eigenvalue weighted by Gasteiger charge is 2.23. The molecule has 1 fully saturated rings. The van der Waals surface area contributed by atoms with Gasteiger partial charge in [0.1, 0.15) is 0 Å². The summed E-state index contributed by atoms with van der Waals surface area (Å²) in [5.74, 6) is 0.512. The van der Waals surface area contributed by atoms with Gasteiger partial charge in [-0.2, -0.15) is 0 Å². The standard InChI is InChI=1S/C18H20ClN3O/c19-17-5-1-4-16(9-17)18(23)22(13-15-6-8-21-11-15)12-14-3-2-7-20-10-14/h1-5,7,9-10,15,21H,6,8,11-13H2. The van der Waals surface area contributed by atoms with Gasteiger partial charge in [0.25, 0.3) is 5.91 Å². The Bertz CT molecular complexity index is 656. The van der Waals surface area contributed by atoms with Gasteiger partial charge in [-0.05, 0) is 55.3 Å². The van der Waals surface area contributed by atoms with E-state index in [0.717, 1.165) is 31.6 Å². The van der Waals surface area contributed by atoms with Gasteiger partial charge in [0, 0.05) is 36.1 Å². The number of pyridine rings is 1. The minimum Gasteiger partial charge on any atom is -0.334 e. The summed E-state index contributed by atoms with van der Waals surface area (Å²) in [6.07, 6.45) is 4.66. The van der Waals surface area contributed by atoms with Crippen LogP contribution in [-0.4, -0.2) is 35.4 Å². The summed E-state index contributed by atoms with van der Waals surface area (Å²) >= 11 is 6.03. The van der Waals surface area contributed by atoms with Gasteiger partial charge < -0.3 is 10.2 Å². The third-order valence-corrected chi connectivity index (χ3v) is 4.33. The van der Waals surface area contributed by atoms with Crippen LogP contribution in [0.1, 0.15) is 22.3 Å². The normalized spacial score (nSPS) is 17.2. The zero-order valence-electron chi connectivity index (χ0n) is 12.9. The van der Waals surface area contributed by atoms with E-state index in [4.69, 9.17) is 11.6 Å². The van der Waals surface area contributed by atoms with Crippen LogP contribution in [0.15, 0.2) is 48.8 Å². The summed E-state index contributed by atoms with van der Waals surface area (Å²) in [7, 11) is 0. The Morgan fingerprint density at radius 1 is 1.35 bits per heavy atom. The molecule has 0 spiro atoms. The maximum atomic E-state index is 12.9. The van der Waals surface area contributed by atoms with E-state index in [0.29, 0.717) is 23.0 Å². The summed E-state index contributed by atoms with van der Waals surface area (Å²) < 4.78 is 0. The first-order chi connectivity index (χ1) is 11.2. The Hall–Kier alpha value is -1.91. The lowest BCUT2D eigenvalue weighted by Crippen LogP contribution is -2.35. The van der Waals surface area contributed by atoms with Crippen molar-refractivity contribution in [3.05, 3.63) is 64.9 Å². The van der Waals surface area contributed by atoms with Crippen LogP contribution in [0.4, 0.5) is 0 Å². The van der Waals surface area contributed by atoms with Crippen molar-refractivity contribution in [3.63, 3.8) is 0 Å². The molecule has 0 saturated carbocycles. The highest BCUT2D eigenvalue weighted by molar-refractivity contribution is 6.30. The number of nitrogens with one attached hydrogen (secondary N) is 1. The molecule has 1 N–H and O–H groups in total. The molecule has 1 unspecified atom stereocenters. The van der Waals surface area contributed by atoms with Gasteiger partial charge in [-0.15, -0.1) is 0 Å². The van der Waals surface area contributed by atoms with Crippen molar-refractivity contribution in [1.82, 2.24) is 15.2 Å². The molecule has 0 radical (unpaired) electrons. The number of rotatable bonds is 5. The molecule has 1 amide bonds. The smallest absolute Gasteiger partial charge is 0.254 e. The number of nitrogens with zero attached hydrogens (tertiary/aromatic N) is 2. The van der Waals surface area contributed by atoms with Gasteiger partial charge in [-0.25, -0.2) is 0 Å². The van der Waals surface area contributed by atoms with Crippen molar-refractivity contribution in [1.29, 1.82) is 0 Å². The lowest BCUT2D eigenvalue weighted by molar-refractivity contribution is 0.0718. The van der Waals surface area contributed by atoms with E-state index in [1.54, 1.807) is 18.3 Å². The Morgan fingerprint density at radius 3 is 2.96 bits per heavy atom. The van der Waals surface area contributed by atoms with Crippen LogP contribution in [0.2, 0.25) is 5.02 Å². The SMILES string of the molecule is O=C(c1cccc(Cl)c1)N(Cc1cccnc1)CC1CCNC1. The molecule has 1 saturated heterocycles. The van der Waals surface area contributed by atoms with Crippen LogP contribution in [0.5, 0.6) is 0 Å². The summed E-state index contributed by atoms with van der Waals surface area (Å²) in [6, 6.07) is 11.0. The summed E-state index contributed by atoms with van der Waals surface area (Å²) in [5, 5.41) is 3.94. The van der Waals surface area contributed by atoms with Gasteiger partial charge in [-0.1, -0.05) is 23.7 Å². The average Bonchev–Trinajstić information content (AvgIpc) is 3.08. The van der Waals surface area contributed by atoms with Gasteiger partial charge in [0.05, 0.1) is 0 Å². The van der Waals surface area contributed by atoms with Gasteiger partial charge >= 0.3 is 0 Å². The number of hydrogen-bond acceptors (Lipinski definition) is 3. The molecule has 0 aliphatic carbocycles. The molecule has 0 bridgehead atoms. The number of amides is 1. The lowest BCUT2D eigenvalue weighted by atomic mass is 10.1. The highest BCUT2D eigenvalue weighted by atomic mass is 35.5. The molecule has 3 rings (SSSR count). The largest absolute Gasteiger partial charge is 0.334 e. The molecule has 5 heteroatoms. The van der Waals surface area contributed by atoms with E-state index < -0.39 is 0 Å². The number of carbonyl (C=O) groups excluding carboxylic acids is 1. The van der Waals surface area contributed by atoms with E-state index in [1.165, 1.54) is 0 Å². The lowest BCUT2D eigenvalue weighted by Gasteiger charge is -2.26. The fourth-order valence-corrected chi connectivity index (χ4v) is 3.11. The van der Waals surface area contributed by atoms with Crippen LogP contribution in [0, 0.1) is 5.92 Å². The van der Waals surface area contributed by atoms with Crippen LogP contribution < -0.4 is 5.32 Å². The second-order valence-electron chi connectivity index (χ2n) is 5.92. The second-order valence-corrected chi connectivity index (χ2v) is 6.35. The maximum absolute atomic E-state index is 12.9. The minimum atomic E-state index is 0.0169. The van der Waals surface area contributed by atoms with E-state index in [-0.39, 0.29) is 5.91 Å². The monoisotopic (exact) mass is 329 g/mol. The van der Waals surface area contributed by atoms with Crippen molar-refractivity contribution >= 4 is 17.5 Å². The summed E-state index contributed by atoms with van der Waals surface area (Å²) in [5.41, 5.74) is 1.67. The van der Waals surface area contributed by atoms with Crippen molar-refractivity contribution in [2.24, 2.45) is 5.92 Å². The molecule has 2 heterocycles. The number of benzene rings is 1. The van der Waals surface area contributed by atoms with Crippen LogP contribution in [0.25, 0.3) is 0 Å². The fraction of sp³-hybridized carbons (Fsp3) is 0.333. The maximum Gasteiger partial charge on any atom is 0.254 e. The van der Waals surface area contributed by atoms with E-state index >= 15 is 0 Å². The number of aromatic nitrogens is 1. The van der Waals surface area contributed by atoms with E-state index in [9.17, 15) is 4.79 Å². The first-order valence-corrected chi connectivity index (χ1v) is 8.24. The molecule has 1 aromatic carbocycles. The molecule has 1 aromatic heterocycles. The molecule has 1 aliphatic heterocycles. The minimum absolute atomic E-state index is 0.0169. The predicted molar refractivity (Wildman–Crippen MR) is 91.4 cm³/mol. The quantitative estimate of drug-likeness (QED) is 0.917. The Kier molecular flexibility index (Phi) is 5.26. The van der Waals surface area contributed by atoms with Crippen molar-refractivity contribution < 1.29 is 4.79 Å². The highest BCUT2D eigenvalue weighted by Crippen LogP contribution is 2.18. The van der Waals surface area contributed by atoms with Crippen LogP contribution in [0.3, 0.4) is 0 Å². The number of carbonyl (C=O) groups is 1. The summed E-state index contributed by atoms with van der Waals surface area (Å²) in [6.45, 7) is 3.30. The zero-order valence-corrected chi connectivity index (χ0v) is 13.7. The molecule has 1 atom stereocenters. The molecule has 4 nitrogen and oxygen atoms in total. The van der Waals surface area contributed by atoms with Gasteiger partial charge in [-0.3, -0.25) is 9.78 Å². The summed E-state index contributed by atoms with van der Waals surface area (Å²) in [4.78, 5) is 19.0. The van der Waals surface area contributed by atoms with Gasteiger partial charge in [0.15, 0.2) is 0 Å². The van der Waals surface area contributed by atoms with Crippen LogP contribution >= 0.6 is 11.6 Å². The molecular weight excluding hydrogens is 310 g/mol. The zero-order chi connectivity index (χ0) is 16.1. The third-order valence-electron chi connectivity index (χ3n) is 4.10. The van der Waals surface area contributed by atoms with Crippen LogP contribution in [-0.2, 0) is 6.54 Å². The molecule has 120 valence electrons. The van der Waals surface area contributed by atoms with Crippen molar-refractivity contribution in [2.45, 2.75) is 13.0 Å². The molecule has 2 aromatic rings. The first-order valence-electron chi connectivity index (χ1n) is 7.87. The second kappa shape index (κ2) is 7.57. The molecule has 23 heavy (non-hydrogen) atoms. The van der Waals surface area contributed by atoms with E-state index in [2.05, 4.69) is 10.3 Å². The van der Waals surface area contributed by atoms with E-state index in [1.807, 2.05) is 35.4 Å². The Morgan fingerprint density at radius 2 is 2.26 bits per heavy atom. The van der Waals surface area contributed by atoms with Crippen molar-refractivity contribution in [2.75, 3.05) is 19.6 Å². The fourth-order valence-electron chi connectivity index (χ4n) is 2.92. The predicted octanol–water partition coefficient (Wildman–Crippen LogP) is 2.99. The third kappa shape index (κ3) is 4.30. The number of halogens is 1. The van der Waals surface area contributed by atoms with Crippen molar-refractivity contribution in [3.8, 4) is 0 Å². The first kappa shape index (κ1) is 16.0. The van der Waals surface area contributed by atoms with Gasteiger partial charge in [0.2, 0.25) is 0 Å². The average molecular weight is 330 g/mol. The molecule has 1 aliphatic rings. The molecular formula is C18H20ClN3O. The Balaban J connectivity index is 1.79. The Labute approximate surface area is 141 Å². The number of hydrogen-bond donors (Lipinski definition) is 1. The topological polar surface area (TPSA) is 45.2 Å².